The van der Waals surface area contributed by atoms with Crippen LogP contribution in [0.25, 0.3) is 0 Å². The third-order valence-electron chi connectivity index (χ3n) is 4.71. The fourth-order valence-electron chi connectivity index (χ4n) is 2.71. The molecule has 0 spiro atoms. The van der Waals surface area contributed by atoms with E-state index in [-0.39, 0.29) is 24.1 Å². The zero-order chi connectivity index (χ0) is 15.6. The van der Waals surface area contributed by atoms with Crippen LogP contribution in [0, 0.1) is 0 Å². The highest BCUT2D eigenvalue weighted by atomic mass is 16.5. The Balaban J connectivity index is 1.32. The number of unbranched alkanes of at least 4 members (excludes halogenated alkanes) is 5. The molecule has 0 aromatic heterocycles. The zero-order valence-corrected chi connectivity index (χ0v) is 13.7. The third kappa shape index (κ3) is 6.80. The SMILES string of the molecule is O=C(CCCCCCCCC(=O)OC1CCC1)OC1CCC1. The molecule has 22 heavy (non-hydrogen) atoms. The summed E-state index contributed by atoms with van der Waals surface area (Å²) in [5.74, 6) is -0.0492. The number of hydrogen-bond donors (Lipinski definition) is 0. The second-order valence-corrected chi connectivity index (χ2v) is 6.71. The summed E-state index contributed by atoms with van der Waals surface area (Å²) < 4.78 is 10.6. The van der Waals surface area contributed by atoms with Gasteiger partial charge in [0.25, 0.3) is 0 Å². The molecule has 0 unspecified atom stereocenters. The van der Waals surface area contributed by atoms with Crippen LogP contribution in [0.4, 0.5) is 0 Å². The lowest BCUT2D eigenvalue weighted by atomic mass is 9.96. The number of carbonyl (C=O) groups excluding carboxylic acids is 2. The second kappa shape index (κ2) is 9.86. The van der Waals surface area contributed by atoms with E-state index in [1.165, 1.54) is 12.8 Å². The Labute approximate surface area is 133 Å². The minimum Gasteiger partial charge on any atom is -0.462 e. The van der Waals surface area contributed by atoms with Crippen LogP contribution in [0.5, 0.6) is 0 Å². The van der Waals surface area contributed by atoms with E-state index in [1.807, 2.05) is 0 Å². The van der Waals surface area contributed by atoms with E-state index in [0.717, 1.165) is 64.2 Å². The molecule has 2 rings (SSSR count). The minimum absolute atomic E-state index is 0.0246. The first kappa shape index (κ1) is 17.3. The molecule has 0 aliphatic heterocycles. The summed E-state index contributed by atoms with van der Waals surface area (Å²) in [5, 5.41) is 0. The highest BCUT2D eigenvalue weighted by molar-refractivity contribution is 5.69. The molecule has 126 valence electrons. The van der Waals surface area contributed by atoms with Crippen LogP contribution in [-0.4, -0.2) is 24.1 Å². The smallest absolute Gasteiger partial charge is 0.306 e. The first-order chi connectivity index (χ1) is 10.7. The number of esters is 2. The minimum atomic E-state index is -0.0246. The maximum absolute atomic E-state index is 11.5. The summed E-state index contributed by atoms with van der Waals surface area (Å²) >= 11 is 0. The molecule has 2 aliphatic rings. The van der Waals surface area contributed by atoms with E-state index in [0.29, 0.717) is 12.8 Å². The van der Waals surface area contributed by atoms with Gasteiger partial charge in [-0.25, -0.2) is 0 Å². The third-order valence-corrected chi connectivity index (χ3v) is 4.71. The first-order valence-corrected chi connectivity index (χ1v) is 9.13. The van der Waals surface area contributed by atoms with Crippen molar-refractivity contribution < 1.29 is 19.1 Å². The summed E-state index contributed by atoms with van der Waals surface area (Å²) in [6.45, 7) is 0. The predicted molar refractivity (Wildman–Crippen MR) is 84.4 cm³/mol. The molecule has 2 fully saturated rings. The predicted octanol–water partition coefficient (Wildman–Crippen LogP) is 4.30. The quantitative estimate of drug-likeness (QED) is 0.422. The lowest BCUT2D eigenvalue weighted by Crippen LogP contribution is -2.24. The number of hydrogen-bond acceptors (Lipinski definition) is 4. The fourth-order valence-corrected chi connectivity index (χ4v) is 2.71. The molecule has 2 aliphatic carbocycles. The summed E-state index contributed by atoms with van der Waals surface area (Å²) in [5.41, 5.74) is 0. The van der Waals surface area contributed by atoms with Crippen LogP contribution in [0.3, 0.4) is 0 Å². The fraction of sp³-hybridized carbons (Fsp3) is 0.889. The highest BCUT2D eigenvalue weighted by Gasteiger charge is 2.21. The van der Waals surface area contributed by atoms with Crippen molar-refractivity contribution in [1.82, 2.24) is 0 Å². The highest BCUT2D eigenvalue weighted by Crippen LogP contribution is 2.23. The van der Waals surface area contributed by atoms with Gasteiger partial charge in [0.2, 0.25) is 0 Å². The van der Waals surface area contributed by atoms with Gasteiger partial charge in [-0.15, -0.1) is 0 Å². The van der Waals surface area contributed by atoms with Gasteiger partial charge in [0.1, 0.15) is 12.2 Å². The van der Waals surface area contributed by atoms with E-state index in [9.17, 15) is 9.59 Å². The van der Waals surface area contributed by atoms with Crippen molar-refractivity contribution in [3.8, 4) is 0 Å². The topological polar surface area (TPSA) is 52.6 Å². The van der Waals surface area contributed by atoms with Crippen molar-refractivity contribution in [3.63, 3.8) is 0 Å². The molecule has 0 saturated heterocycles. The van der Waals surface area contributed by atoms with Crippen LogP contribution in [0.15, 0.2) is 0 Å². The van der Waals surface area contributed by atoms with Crippen LogP contribution >= 0.6 is 0 Å². The molecule has 0 aromatic rings. The van der Waals surface area contributed by atoms with Gasteiger partial charge in [0.15, 0.2) is 0 Å². The Morgan fingerprint density at radius 3 is 1.32 bits per heavy atom. The summed E-state index contributed by atoms with van der Waals surface area (Å²) in [6, 6.07) is 0. The van der Waals surface area contributed by atoms with Crippen LogP contribution < -0.4 is 0 Å². The van der Waals surface area contributed by atoms with Gasteiger partial charge in [0, 0.05) is 12.8 Å². The van der Waals surface area contributed by atoms with Gasteiger partial charge in [-0.05, 0) is 51.4 Å². The van der Waals surface area contributed by atoms with Crippen LogP contribution in [-0.2, 0) is 19.1 Å². The Morgan fingerprint density at radius 1 is 0.636 bits per heavy atom. The van der Waals surface area contributed by atoms with E-state index >= 15 is 0 Å². The average molecular weight is 310 g/mol. The Bertz CT molecular complexity index is 311. The second-order valence-electron chi connectivity index (χ2n) is 6.71. The van der Waals surface area contributed by atoms with Crippen LogP contribution in [0.2, 0.25) is 0 Å². The van der Waals surface area contributed by atoms with Gasteiger partial charge in [-0.2, -0.15) is 0 Å². The number of carbonyl (C=O) groups is 2. The molecule has 4 nitrogen and oxygen atoms in total. The summed E-state index contributed by atoms with van der Waals surface area (Å²) in [6.07, 6.45) is 14.4. The molecule has 2 saturated carbocycles. The van der Waals surface area contributed by atoms with Gasteiger partial charge in [0.05, 0.1) is 0 Å². The molecular weight excluding hydrogens is 280 g/mol. The van der Waals surface area contributed by atoms with Crippen molar-refractivity contribution in [3.05, 3.63) is 0 Å². The lowest BCUT2D eigenvalue weighted by Gasteiger charge is -2.25. The zero-order valence-electron chi connectivity index (χ0n) is 13.7. The van der Waals surface area contributed by atoms with Crippen molar-refractivity contribution in [1.29, 1.82) is 0 Å². The molecule has 0 N–H and O–H groups in total. The molecular formula is C18H30O4. The molecule has 0 aromatic carbocycles. The van der Waals surface area contributed by atoms with Gasteiger partial charge < -0.3 is 9.47 Å². The maximum Gasteiger partial charge on any atom is 0.306 e. The average Bonchev–Trinajstić information content (AvgIpc) is 2.41. The molecule has 0 amide bonds. The Morgan fingerprint density at radius 2 is 1.00 bits per heavy atom. The standard InChI is InChI=1S/C18H30O4/c19-17(21-15-9-7-10-15)13-5-3-1-2-4-6-14-18(20)22-16-11-8-12-16/h15-16H,1-14H2. The molecule has 0 radical (unpaired) electrons. The van der Waals surface area contributed by atoms with Gasteiger partial charge in [-0.3, -0.25) is 9.59 Å². The Hall–Kier alpha value is -1.06. The number of rotatable bonds is 11. The van der Waals surface area contributed by atoms with Crippen molar-refractivity contribution >= 4 is 11.9 Å². The van der Waals surface area contributed by atoms with Gasteiger partial charge >= 0.3 is 11.9 Å². The van der Waals surface area contributed by atoms with Crippen molar-refractivity contribution in [2.45, 2.75) is 102 Å². The normalized spacial score (nSPS) is 18.4. The van der Waals surface area contributed by atoms with Crippen molar-refractivity contribution in [2.75, 3.05) is 0 Å². The molecule has 0 heterocycles. The molecule has 0 atom stereocenters. The van der Waals surface area contributed by atoms with E-state index in [1.54, 1.807) is 0 Å². The summed E-state index contributed by atoms with van der Waals surface area (Å²) in [4.78, 5) is 23.0. The van der Waals surface area contributed by atoms with Gasteiger partial charge in [-0.1, -0.05) is 25.7 Å². The van der Waals surface area contributed by atoms with Crippen LogP contribution in [0.1, 0.15) is 89.9 Å². The lowest BCUT2D eigenvalue weighted by molar-refractivity contribution is -0.154. The number of ether oxygens (including phenoxy) is 2. The first-order valence-electron chi connectivity index (χ1n) is 9.13. The van der Waals surface area contributed by atoms with E-state index < -0.39 is 0 Å². The van der Waals surface area contributed by atoms with E-state index in [2.05, 4.69) is 0 Å². The molecule has 4 heteroatoms. The monoisotopic (exact) mass is 310 g/mol. The maximum atomic E-state index is 11.5. The molecule has 0 bridgehead atoms. The van der Waals surface area contributed by atoms with E-state index in [4.69, 9.17) is 9.47 Å². The Kier molecular flexibility index (Phi) is 7.75. The largest absolute Gasteiger partial charge is 0.462 e. The summed E-state index contributed by atoms with van der Waals surface area (Å²) in [7, 11) is 0. The van der Waals surface area contributed by atoms with Crippen molar-refractivity contribution in [2.24, 2.45) is 0 Å².